The van der Waals surface area contributed by atoms with Gasteiger partial charge in [-0.05, 0) is 23.8 Å². The number of nitrogens with zero attached hydrogens (tertiary/aromatic N) is 2. The normalized spacial score (nSPS) is 11.9. The first-order chi connectivity index (χ1) is 11.3. The topological polar surface area (TPSA) is 94.4 Å². The number of aliphatic imine (C=N–C) groups is 1. The summed E-state index contributed by atoms with van der Waals surface area (Å²) in [5, 5.41) is 0. The van der Waals surface area contributed by atoms with E-state index in [2.05, 4.69) is 9.98 Å². The van der Waals surface area contributed by atoms with Gasteiger partial charge in [-0.2, -0.15) is 18.2 Å². The van der Waals surface area contributed by atoms with Gasteiger partial charge in [-0.3, -0.25) is 9.78 Å². The maximum atomic E-state index is 13.1. The number of pyridine rings is 1. The minimum atomic E-state index is -4.56. The number of alkyl halides is 3. The molecule has 1 aromatic heterocycles. The van der Waals surface area contributed by atoms with Crippen LogP contribution in [0.15, 0.2) is 53.8 Å². The molecule has 0 spiro atoms. The summed E-state index contributed by atoms with van der Waals surface area (Å²) in [7, 11) is 0. The zero-order chi connectivity index (χ0) is 17.7. The van der Waals surface area contributed by atoms with E-state index in [9.17, 15) is 18.0 Å². The van der Waals surface area contributed by atoms with E-state index in [1.54, 1.807) is 6.07 Å². The molecule has 1 amide bonds. The fourth-order valence-corrected chi connectivity index (χ4v) is 2.00. The summed E-state index contributed by atoms with van der Waals surface area (Å²) >= 11 is 0. The van der Waals surface area contributed by atoms with Gasteiger partial charge in [0, 0.05) is 18.0 Å². The first-order valence-corrected chi connectivity index (χ1v) is 6.71. The Balaban J connectivity index is 2.63. The monoisotopic (exact) mass is 334 g/mol. The number of amides is 1. The largest absolute Gasteiger partial charge is 0.416 e. The molecule has 1 heterocycles. The van der Waals surface area contributed by atoms with E-state index in [0.29, 0.717) is 5.56 Å². The van der Waals surface area contributed by atoms with Crippen LogP contribution in [0.2, 0.25) is 0 Å². The number of guanidine groups is 1. The van der Waals surface area contributed by atoms with E-state index in [1.807, 2.05) is 0 Å². The van der Waals surface area contributed by atoms with Crippen molar-refractivity contribution in [1.29, 1.82) is 0 Å². The summed E-state index contributed by atoms with van der Waals surface area (Å²) in [5.41, 5.74) is 9.51. The minimum absolute atomic E-state index is 0.104. The zero-order valence-electron chi connectivity index (χ0n) is 12.3. The van der Waals surface area contributed by atoms with Gasteiger partial charge in [-0.1, -0.05) is 24.3 Å². The van der Waals surface area contributed by atoms with Crippen LogP contribution in [0.25, 0.3) is 11.6 Å². The molecule has 0 aliphatic carbocycles. The molecule has 0 unspecified atom stereocenters. The zero-order valence-corrected chi connectivity index (χ0v) is 12.3. The third-order valence-electron chi connectivity index (χ3n) is 3.00. The van der Waals surface area contributed by atoms with Crippen molar-refractivity contribution in [3.8, 4) is 0 Å². The number of nitrogens with two attached hydrogens (primary N) is 2. The van der Waals surface area contributed by atoms with E-state index >= 15 is 0 Å². The highest BCUT2D eigenvalue weighted by Gasteiger charge is 2.32. The van der Waals surface area contributed by atoms with E-state index in [0.717, 1.165) is 12.1 Å². The second kappa shape index (κ2) is 6.95. The molecule has 0 saturated heterocycles. The van der Waals surface area contributed by atoms with Gasteiger partial charge in [0.25, 0.3) is 5.91 Å². The molecule has 24 heavy (non-hydrogen) atoms. The molecule has 0 saturated carbocycles. The molecule has 0 radical (unpaired) electrons. The average Bonchev–Trinajstić information content (AvgIpc) is 2.52. The van der Waals surface area contributed by atoms with Gasteiger partial charge in [0.05, 0.1) is 11.1 Å². The maximum absolute atomic E-state index is 13.1. The maximum Gasteiger partial charge on any atom is 0.416 e. The molecule has 0 fully saturated rings. The Bertz CT molecular complexity index is 794. The Labute approximate surface area is 135 Å². The third-order valence-corrected chi connectivity index (χ3v) is 3.00. The number of carbonyl (C=O) groups excluding carboxylic acids is 1. The minimum Gasteiger partial charge on any atom is -0.370 e. The molecule has 5 nitrogen and oxygen atoms in total. The molecule has 0 aliphatic rings. The van der Waals surface area contributed by atoms with Crippen LogP contribution < -0.4 is 11.5 Å². The number of halogens is 3. The van der Waals surface area contributed by atoms with Crippen LogP contribution in [0.1, 0.15) is 16.7 Å². The lowest BCUT2D eigenvalue weighted by molar-refractivity contribution is -0.137. The van der Waals surface area contributed by atoms with E-state index in [-0.39, 0.29) is 11.1 Å². The van der Waals surface area contributed by atoms with Crippen molar-refractivity contribution >= 4 is 23.5 Å². The SMILES string of the molecule is NC(N)=NC(=O)C(=Cc1ccccc1C(F)(F)F)c1cccnc1. The summed E-state index contributed by atoms with van der Waals surface area (Å²) in [5.74, 6) is -1.35. The Morgan fingerprint density at radius 2 is 1.83 bits per heavy atom. The molecule has 4 N–H and O–H groups in total. The van der Waals surface area contributed by atoms with E-state index in [1.165, 1.54) is 36.7 Å². The predicted octanol–water partition coefficient (Wildman–Crippen LogP) is 2.44. The van der Waals surface area contributed by atoms with Gasteiger partial charge in [0.15, 0.2) is 5.96 Å². The average molecular weight is 334 g/mol. The Kier molecular flexibility index (Phi) is 4.98. The van der Waals surface area contributed by atoms with Crippen molar-refractivity contribution in [3.05, 3.63) is 65.5 Å². The quantitative estimate of drug-likeness (QED) is 0.512. The first-order valence-electron chi connectivity index (χ1n) is 6.71. The number of carbonyl (C=O) groups is 1. The Hall–Kier alpha value is -3.16. The molecule has 8 heteroatoms. The van der Waals surface area contributed by atoms with Crippen molar-refractivity contribution in [2.24, 2.45) is 16.5 Å². The van der Waals surface area contributed by atoms with Gasteiger partial charge in [-0.25, -0.2) is 0 Å². The van der Waals surface area contributed by atoms with Crippen LogP contribution in [0.3, 0.4) is 0 Å². The molecule has 124 valence electrons. The lowest BCUT2D eigenvalue weighted by Gasteiger charge is -2.11. The van der Waals surface area contributed by atoms with E-state index in [4.69, 9.17) is 11.5 Å². The van der Waals surface area contributed by atoms with Crippen LogP contribution in [-0.4, -0.2) is 16.9 Å². The van der Waals surface area contributed by atoms with Gasteiger partial charge >= 0.3 is 6.18 Å². The van der Waals surface area contributed by atoms with Crippen LogP contribution >= 0.6 is 0 Å². The number of aromatic nitrogens is 1. The highest BCUT2D eigenvalue weighted by Crippen LogP contribution is 2.33. The second-order valence-electron chi connectivity index (χ2n) is 4.73. The van der Waals surface area contributed by atoms with Gasteiger partial charge in [0.1, 0.15) is 0 Å². The second-order valence-corrected chi connectivity index (χ2v) is 4.73. The standard InChI is InChI=1S/C16H13F3N4O/c17-16(18,19)13-6-2-1-4-10(13)8-12(14(24)23-15(20)21)11-5-3-7-22-9-11/h1-9H,(H4,20,21,23,24). The van der Waals surface area contributed by atoms with Gasteiger partial charge < -0.3 is 11.5 Å². The third kappa shape index (κ3) is 4.19. The fraction of sp³-hybridized carbons (Fsp3) is 0.0625. The number of rotatable bonds is 3. The molecular formula is C16H13F3N4O. The summed E-state index contributed by atoms with van der Waals surface area (Å²) in [6.45, 7) is 0. The Morgan fingerprint density at radius 3 is 2.42 bits per heavy atom. The van der Waals surface area contributed by atoms with Gasteiger partial charge in [0.2, 0.25) is 0 Å². The summed E-state index contributed by atoms with van der Waals surface area (Å²) in [6, 6.07) is 7.95. The lowest BCUT2D eigenvalue weighted by Crippen LogP contribution is -2.24. The van der Waals surface area contributed by atoms with Crippen molar-refractivity contribution in [1.82, 2.24) is 4.98 Å². The summed E-state index contributed by atoms with van der Waals surface area (Å²) in [6.07, 6.45) is -0.668. The van der Waals surface area contributed by atoms with Crippen molar-refractivity contribution in [2.75, 3.05) is 0 Å². The molecule has 2 rings (SSSR count). The van der Waals surface area contributed by atoms with Crippen LogP contribution in [0, 0.1) is 0 Å². The number of benzene rings is 1. The van der Waals surface area contributed by atoms with Crippen molar-refractivity contribution in [3.63, 3.8) is 0 Å². The molecule has 0 bridgehead atoms. The van der Waals surface area contributed by atoms with Crippen LogP contribution in [0.4, 0.5) is 13.2 Å². The molecule has 1 aromatic carbocycles. The number of hydrogen-bond donors (Lipinski definition) is 2. The summed E-state index contributed by atoms with van der Waals surface area (Å²) in [4.78, 5) is 19.4. The lowest BCUT2D eigenvalue weighted by atomic mass is 10.00. The first kappa shape index (κ1) is 17.2. The van der Waals surface area contributed by atoms with Crippen molar-refractivity contribution < 1.29 is 18.0 Å². The highest BCUT2D eigenvalue weighted by molar-refractivity contribution is 6.26. The Morgan fingerprint density at radius 1 is 1.12 bits per heavy atom. The summed E-state index contributed by atoms with van der Waals surface area (Å²) < 4.78 is 39.4. The molecule has 0 aliphatic heterocycles. The number of hydrogen-bond acceptors (Lipinski definition) is 2. The predicted molar refractivity (Wildman–Crippen MR) is 84.4 cm³/mol. The fourth-order valence-electron chi connectivity index (χ4n) is 2.00. The van der Waals surface area contributed by atoms with Crippen LogP contribution in [-0.2, 0) is 11.0 Å². The molecular weight excluding hydrogens is 321 g/mol. The molecule has 2 aromatic rings. The van der Waals surface area contributed by atoms with Gasteiger partial charge in [-0.15, -0.1) is 0 Å². The van der Waals surface area contributed by atoms with Crippen molar-refractivity contribution in [2.45, 2.75) is 6.18 Å². The van der Waals surface area contributed by atoms with Crippen LogP contribution in [0.5, 0.6) is 0 Å². The highest BCUT2D eigenvalue weighted by atomic mass is 19.4. The van der Waals surface area contributed by atoms with E-state index < -0.39 is 23.6 Å². The molecule has 0 atom stereocenters. The smallest absolute Gasteiger partial charge is 0.370 e.